The maximum atomic E-state index is 5.67. The second-order valence-corrected chi connectivity index (χ2v) is 14.8. The summed E-state index contributed by atoms with van der Waals surface area (Å²) in [5.74, 6) is 3.37. The van der Waals surface area contributed by atoms with E-state index < -0.39 is 0 Å². The van der Waals surface area contributed by atoms with Crippen molar-refractivity contribution < 1.29 is 33.2 Å². The molecular weight excluding hydrogens is 821 g/mol. The zero-order valence-electron chi connectivity index (χ0n) is 37.9. The first kappa shape index (κ1) is 79.2. The molecule has 4 rings (SSSR count). The number of para-hydroxylation sites is 1. The standard InChI is InChI=1S/C18H22O2.C13H20O2.C12H18O2.C8H18O.8CH4/c1-3-15(2)19-13-14-20-18-11-9-17(10-12-18)16-7-5-4-6-8-16;1-4-12(3)14-9-10-15-13-7-5-11(2)6-8-13;1-3-11(2)13-9-10-14-12-7-5-4-6-8-12;1-5-8(4)9-6-7(2)3;;;;;;;;/h4-12,15H,3,13-14H2,1-2H3;5-8,12H,4,9-10H2,1-3H3;4-8,11H,3,9-10H2,1-2H3;7-8H,5-6H2,1-4H3;8*1H4. The van der Waals surface area contributed by atoms with Gasteiger partial charge in [-0.25, -0.2) is 0 Å². The van der Waals surface area contributed by atoms with Crippen LogP contribution in [0, 0.1) is 12.8 Å². The van der Waals surface area contributed by atoms with Crippen LogP contribution in [0.4, 0.5) is 0 Å². The molecule has 0 heterocycles. The summed E-state index contributed by atoms with van der Waals surface area (Å²) in [7, 11) is 0. The fourth-order valence-corrected chi connectivity index (χ4v) is 4.58. The number of hydrogen-bond donors (Lipinski definition) is 0. The molecule has 4 aromatic carbocycles. The fraction of sp³-hybridized carbons (Fsp3) is 0.593. The highest BCUT2D eigenvalue weighted by Crippen LogP contribution is 2.22. The molecule has 4 aromatic rings. The summed E-state index contributed by atoms with van der Waals surface area (Å²) in [5.41, 5.74) is 3.67. The van der Waals surface area contributed by atoms with Crippen molar-refractivity contribution in [3.63, 3.8) is 0 Å². The van der Waals surface area contributed by atoms with Gasteiger partial charge in [0.15, 0.2) is 0 Å². The molecule has 7 heteroatoms. The Morgan fingerprint density at radius 1 is 0.333 bits per heavy atom. The van der Waals surface area contributed by atoms with Crippen LogP contribution in [0.5, 0.6) is 17.2 Å². The first-order chi connectivity index (χ1) is 28.0. The van der Waals surface area contributed by atoms with Crippen LogP contribution in [0.1, 0.15) is 160 Å². The van der Waals surface area contributed by atoms with Gasteiger partial charge >= 0.3 is 0 Å². The molecular formula is C59H110O7. The smallest absolute Gasteiger partial charge is 0.119 e. The summed E-state index contributed by atoms with van der Waals surface area (Å²) in [4.78, 5) is 0. The highest BCUT2D eigenvalue weighted by Gasteiger charge is 2.02. The average molecular weight is 932 g/mol. The van der Waals surface area contributed by atoms with Crippen molar-refractivity contribution >= 4 is 0 Å². The fourth-order valence-electron chi connectivity index (χ4n) is 4.58. The van der Waals surface area contributed by atoms with Crippen molar-refractivity contribution in [2.24, 2.45) is 5.92 Å². The van der Waals surface area contributed by atoms with E-state index in [9.17, 15) is 0 Å². The van der Waals surface area contributed by atoms with Gasteiger partial charge in [-0.3, -0.25) is 0 Å². The molecule has 0 spiro atoms. The van der Waals surface area contributed by atoms with Crippen molar-refractivity contribution in [1.29, 1.82) is 0 Å². The van der Waals surface area contributed by atoms with Crippen LogP contribution in [-0.4, -0.2) is 70.7 Å². The van der Waals surface area contributed by atoms with Gasteiger partial charge in [-0.1, -0.05) is 179 Å². The molecule has 0 aliphatic rings. The van der Waals surface area contributed by atoms with Gasteiger partial charge in [-0.05, 0) is 114 Å². The Morgan fingerprint density at radius 2 is 0.621 bits per heavy atom. The van der Waals surface area contributed by atoms with E-state index >= 15 is 0 Å². The topological polar surface area (TPSA) is 64.6 Å². The van der Waals surface area contributed by atoms with Gasteiger partial charge < -0.3 is 33.2 Å². The lowest BCUT2D eigenvalue weighted by Crippen LogP contribution is -2.13. The first-order valence-corrected chi connectivity index (χ1v) is 21.6. The van der Waals surface area contributed by atoms with Crippen LogP contribution < -0.4 is 14.2 Å². The number of aryl methyl sites for hydroxylation is 1. The lowest BCUT2D eigenvalue weighted by Gasteiger charge is -2.11. The zero-order valence-corrected chi connectivity index (χ0v) is 37.9. The third-order valence-electron chi connectivity index (χ3n) is 9.00. The van der Waals surface area contributed by atoms with E-state index in [4.69, 9.17) is 33.2 Å². The molecule has 0 amide bonds. The molecule has 388 valence electrons. The molecule has 4 atom stereocenters. The maximum absolute atomic E-state index is 5.67. The quantitative estimate of drug-likeness (QED) is 0.0687. The van der Waals surface area contributed by atoms with Crippen LogP contribution in [-0.2, 0) is 18.9 Å². The maximum Gasteiger partial charge on any atom is 0.119 e. The van der Waals surface area contributed by atoms with E-state index in [0.717, 1.165) is 49.5 Å². The highest BCUT2D eigenvalue weighted by molar-refractivity contribution is 5.63. The van der Waals surface area contributed by atoms with Gasteiger partial charge in [-0.2, -0.15) is 0 Å². The van der Waals surface area contributed by atoms with Crippen molar-refractivity contribution in [3.8, 4) is 28.4 Å². The molecule has 0 aromatic heterocycles. The highest BCUT2D eigenvalue weighted by atomic mass is 16.5. The number of ether oxygens (including phenoxy) is 7. The Balaban J connectivity index is -0.000000112. The van der Waals surface area contributed by atoms with Gasteiger partial charge in [0, 0.05) is 6.61 Å². The molecule has 0 saturated carbocycles. The monoisotopic (exact) mass is 931 g/mol. The summed E-state index contributed by atoms with van der Waals surface area (Å²) in [6, 6.07) is 36.4. The third-order valence-corrected chi connectivity index (χ3v) is 9.00. The molecule has 0 bridgehead atoms. The van der Waals surface area contributed by atoms with E-state index in [0.29, 0.717) is 70.0 Å². The zero-order chi connectivity index (χ0) is 42.8. The predicted octanol–water partition coefficient (Wildman–Crippen LogP) is 18.2. The van der Waals surface area contributed by atoms with Gasteiger partial charge in [0.25, 0.3) is 0 Å². The summed E-state index contributed by atoms with van der Waals surface area (Å²) in [6.45, 7) is 27.9. The predicted molar refractivity (Wildman–Crippen MR) is 297 cm³/mol. The SMILES string of the molecule is C.C.C.C.C.C.C.C.CCC(C)OCC(C)C.CCC(C)OCCOc1ccc(-c2ccccc2)cc1.CCC(C)OCCOc1ccc(C)cc1.CCC(C)OCCOc1ccccc1. The molecule has 0 aliphatic carbocycles. The Hall–Kier alpha value is -3.88. The molecule has 0 radical (unpaired) electrons. The van der Waals surface area contributed by atoms with E-state index in [1.165, 1.54) is 16.7 Å². The minimum atomic E-state index is 0. The van der Waals surface area contributed by atoms with E-state index in [1.807, 2.05) is 84.9 Å². The van der Waals surface area contributed by atoms with Gasteiger partial charge in [-0.15, -0.1) is 0 Å². The van der Waals surface area contributed by atoms with Crippen LogP contribution in [0.3, 0.4) is 0 Å². The summed E-state index contributed by atoms with van der Waals surface area (Å²) in [6.07, 6.45) is 5.64. The summed E-state index contributed by atoms with van der Waals surface area (Å²) in [5, 5.41) is 0. The van der Waals surface area contributed by atoms with E-state index in [-0.39, 0.29) is 59.4 Å². The molecule has 0 N–H and O–H groups in total. The second-order valence-electron chi connectivity index (χ2n) is 14.8. The summed E-state index contributed by atoms with van der Waals surface area (Å²) >= 11 is 0. The number of hydrogen-bond acceptors (Lipinski definition) is 7. The molecule has 4 unspecified atom stereocenters. The number of benzene rings is 4. The third kappa shape index (κ3) is 42.7. The summed E-state index contributed by atoms with van der Waals surface area (Å²) < 4.78 is 38.7. The molecule has 0 saturated heterocycles. The van der Waals surface area contributed by atoms with Crippen LogP contribution >= 0.6 is 0 Å². The minimum Gasteiger partial charge on any atom is -0.491 e. The van der Waals surface area contributed by atoms with Crippen molar-refractivity contribution in [1.82, 2.24) is 0 Å². The van der Waals surface area contributed by atoms with Crippen LogP contribution in [0.15, 0.2) is 109 Å². The van der Waals surface area contributed by atoms with Gasteiger partial charge in [0.1, 0.15) is 37.1 Å². The molecule has 0 fully saturated rings. The lowest BCUT2D eigenvalue weighted by atomic mass is 10.1. The minimum absolute atomic E-state index is 0. The molecule has 7 nitrogen and oxygen atoms in total. The Morgan fingerprint density at radius 3 is 0.955 bits per heavy atom. The normalized spacial score (nSPS) is 11.1. The lowest BCUT2D eigenvalue weighted by molar-refractivity contribution is 0.0426. The van der Waals surface area contributed by atoms with E-state index in [2.05, 4.69) is 100 Å². The van der Waals surface area contributed by atoms with Crippen molar-refractivity contribution in [2.75, 3.05) is 46.2 Å². The van der Waals surface area contributed by atoms with Crippen LogP contribution in [0.2, 0.25) is 0 Å². The molecule has 66 heavy (non-hydrogen) atoms. The van der Waals surface area contributed by atoms with Crippen molar-refractivity contribution in [3.05, 3.63) is 115 Å². The first-order valence-electron chi connectivity index (χ1n) is 21.6. The number of rotatable bonds is 23. The van der Waals surface area contributed by atoms with Gasteiger partial charge in [0.05, 0.1) is 44.2 Å². The Kier molecular flexibility index (Phi) is 62.5. The largest absolute Gasteiger partial charge is 0.491 e. The van der Waals surface area contributed by atoms with E-state index in [1.54, 1.807) is 0 Å². The van der Waals surface area contributed by atoms with Crippen molar-refractivity contribution in [2.45, 2.75) is 186 Å². The Labute approximate surface area is 412 Å². The Bertz CT molecular complexity index is 1460. The average Bonchev–Trinajstić information content (AvgIpc) is 3.26. The second kappa shape index (κ2) is 52.1. The van der Waals surface area contributed by atoms with Gasteiger partial charge in [0.2, 0.25) is 0 Å². The molecule has 0 aliphatic heterocycles. The van der Waals surface area contributed by atoms with Crippen LogP contribution in [0.25, 0.3) is 11.1 Å².